The molecule has 0 saturated carbocycles. The second-order valence-electron chi connectivity index (χ2n) is 4.25. The van der Waals surface area contributed by atoms with Crippen molar-refractivity contribution in [3.63, 3.8) is 0 Å². The number of carbonyl (C=O) groups excluding carboxylic acids is 1. The zero-order chi connectivity index (χ0) is 17.1. The Balaban J connectivity index is 2.11. The molecule has 0 aliphatic heterocycles. The third-order valence-electron chi connectivity index (χ3n) is 2.63. The van der Waals surface area contributed by atoms with Crippen LogP contribution in [-0.4, -0.2) is 11.7 Å². The molecular formula is C14H7ClF5NOS. The number of rotatable bonds is 4. The van der Waals surface area contributed by atoms with Crippen LogP contribution in [0.1, 0.15) is 0 Å². The molecule has 0 bridgehead atoms. The molecule has 0 atom stereocenters. The summed E-state index contributed by atoms with van der Waals surface area (Å²) in [6.45, 7) is 0. The van der Waals surface area contributed by atoms with Crippen LogP contribution in [0.15, 0.2) is 29.2 Å². The van der Waals surface area contributed by atoms with Crippen LogP contribution < -0.4 is 5.32 Å². The molecule has 0 unspecified atom stereocenters. The first-order chi connectivity index (χ1) is 10.8. The number of benzene rings is 2. The Morgan fingerprint density at radius 1 is 1.00 bits per heavy atom. The monoisotopic (exact) mass is 367 g/mol. The van der Waals surface area contributed by atoms with Crippen molar-refractivity contribution in [2.45, 2.75) is 4.90 Å². The van der Waals surface area contributed by atoms with Gasteiger partial charge in [-0.3, -0.25) is 4.79 Å². The zero-order valence-corrected chi connectivity index (χ0v) is 12.7. The maximum absolute atomic E-state index is 13.4. The van der Waals surface area contributed by atoms with Gasteiger partial charge in [0.05, 0.1) is 10.6 Å². The molecule has 2 rings (SSSR count). The topological polar surface area (TPSA) is 29.1 Å². The summed E-state index contributed by atoms with van der Waals surface area (Å²) in [5.74, 6) is -11.5. The van der Waals surface area contributed by atoms with Crippen molar-refractivity contribution < 1.29 is 26.7 Å². The summed E-state index contributed by atoms with van der Waals surface area (Å²) in [5, 5.41) is 2.74. The van der Waals surface area contributed by atoms with E-state index in [1.807, 2.05) is 0 Å². The Morgan fingerprint density at radius 2 is 1.57 bits per heavy atom. The molecule has 23 heavy (non-hydrogen) atoms. The van der Waals surface area contributed by atoms with E-state index in [1.54, 1.807) is 12.1 Å². The molecule has 2 aromatic rings. The van der Waals surface area contributed by atoms with Crippen molar-refractivity contribution in [3.8, 4) is 0 Å². The van der Waals surface area contributed by atoms with E-state index >= 15 is 0 Å². The van der Waals surface area contributed by atoms with E-state index in [0.29, 0.717) is 10.7 Å². The molecule has 1 amide bonds. The number of amides is 1. The Morgan fingerprint density at radius 3 is 2.13 bits per heavy atom. The van der Waals surface area contributed by atoms with Gasteiger partial charge < -0.3 is 5.32 Å². The molecule has 0 aromatic heterocycles. The number of hydrogen-bond donors (Lipinski definition) is 1. The lowest BCUT2D eigenvalue weighted by Gasteiger charge is -2.08. The van der Waals surface area contributed by atoms with Gasteiger partial charge in [-0.05, 0) is 18.2 Å². The SMILES string of the molecule is O=C(CSc1c(F)c(F)c(F)c(F)c1F)Nc1cccc(Cl)c1. The molecule has 2 aromatic carbocycles. The lowest BCUT2D eigenvalue weighted by molar-refractivity contribution is -0.113. The fourth-order valence-corrected chi connectivity index (χ4v) is 2.58. The highest BCUT2D eigenvalue weighted by molar-refractivity contribution is 8.00. The summed E-state index contributed by atoms with van der Waals surface area (Å²) < 4.78 is 65.8. The number of anilines is 1. The first-order valence-corrected chi connectivity index (χ1v) is 7.37. The van der Waals surface area contributed by atoms with Gasteiger partial charge in [0.25, 0.3) is 0 Å². The summed E-state index contributed by atoms with van der Waals surface area (Å²) in [5.41, 5.74) is 0.334. The third kappa shape index (κ3) is 3.94. The third-order valence-corrected chi connectivity index (χ3v) is 3.91. The Labute approximate surface area is 136 Å². The quantitative estimate of drug-likeness (QED) is 0.365. The molecule has 9 heteroatoms. The zero-order valence-electron chi connectivity index (χ0n) is 11.1. The van der Waals surface area contributed by atoms with E-state index in [1.165, 1.54) is 12.1 Å². The fraction of sp³-hybridized carbons (Fsp3) is 0.0714. The van der Waals surface area contributed by atoms with E-state index in [0.717, 1.165) is 0 Å². The summed E-state index contributed by atoms with van der Waals surface area (Å²) in [4.78, 5) is 10.6. The van der Waals surface area contributed by atoms with Crippen molar-refractivity contribution >= 4 is 35.0 Å². The number of hydrogen-bond acceptors (Lipinski definition) is 2. The summed E-state index contributed by atoms with van der Waals surface area (Å²) in [7, 11) is 0. The molecule has 0 radical (unpaired) electrons. The Bertz CT molecular complexity index is 742. The van der Waals surface area contributed by atoms with Crippen LogP contribution in [0, 0.1) is 29.1 Å². The minimum absolute atomic E-state index is 0.201. The molecule has 0 heterocycles. The molecule has 0 fully saturated rings. The number of thioether (sulfide) groups is 1. The van der Waals surface area contributed by atoms with Gasteiger partial charge in [0, 0.05) is 10.7 Å². The van der Waals surface area contributed by atoms with Crippen molar-refractivity contribution in [1.29, 1.82) is 0 Å². The predicted molar refractivity (Wildman–Crippen MR) is 77.0 cm³/mol. The Hall–Kier alpha value is -1.80. The highest BCUT2D eigenvalue weighted by atomic mass is 35.5. The maximum Gasteiger partial charge on any atom is 0.234 e. The summed E-state index contributed by atoms with van der Waals surface area (Å²) in [6.07, 6.45) is 0. The number of halogens is 6. The molecule has 0 saturated heterocycles. The minimum atomic E-state index is -2.24. The average molecular weight is 368 g/mol. The number of nitrogens with one attached hydrogen (secondary N) is 1. The van der Waals surface area contributed by atoms with Crippen molar-refractivity contribution in [1.82, 2.24) is 0 Å². The van der Waals surface area contributed by atoms with Gasteiger partial charge in [0.15, 0.2) is 23.3 Å². The maximum atomic E-state index is 13.4. The first kappa shape index (κ1) is 17.6. The largest absolute Gasteiger partial charge is 0.325 e. The summed E-state index contributed by atoms with van der Waals surface area (Å²) >= 11 is 5.92. The van der Waals surface area contributed by atoms with Crippen molar-refractivity contribution in [3.05, 3.63) is 58.4 Å². The molecule has 0 spiro atoms. The van der Waals surface area contributed by atoms with E-state index in [2.05, 4.69) is 5.32 Å². The molecule has 0 aliphatic rings. The highest BCUT2D eigenvalue weighted by Crippen LogP contribution is 2.30. The molecular weight excluding hydrogens is 361 g/mol. The fourth-order valence-electron chi connectivity index (χ4n) is 1.61. The summed E-state index contributed by atoms with van der Waals surface area (Å²) in [6, 6.07) is 6.09. The van der Waals surface area contributed by atoms with E-state index in [-0.39, 0.29) is 11.8 Å². The van der Waals surface area contributed by atoms with Crippen LogP contribution >= 0.6 is 23.4 Å². The van der Waals surface area contributed by atoms with Crippen LogP contribution in [0.25, 0.3) is 0 Å². The van der Waals surface area contributed by atoms with Crippen LogP contribution in [0.3, 0.4) is 0 Å². The van der Waals surface area contributed by atoms with Gasteiger partial charge in [-0.15, -0.1) is 11.8 Å². The van der Waals surface area contributed by atoms with Gasteiger partial charge in [0.2, 0.25) is 11.7 Å². The lowest BCUT2D eigenvalue weighted by atomic mass is 10.3. The van der Waals surface area contributed by atoms with Crippen molar-refractivity contribution in [2.24, 2.45) is 0 Å². The molecule has 0 aliphatic carbocycles. The van der Waals surface area contributed by atoms with Gasteiger partial charge in [-0.1, -0.05) is 17.7 Å². The van der Waals surface area contributed by atoms with E-state index in [9.17, 15) is 26.7 Å². The minimum Gasteiger partial charge on any atom is -0.325 e. The van der Waals surface area contributed by atoms with Gasteiger partial charge in [-0.25, -0.2) is 22.0 Å². The Kier molecular flexibility index (Phi) is 5.48. The van der Waals surface area contributed by atoms with Gasteiger partial charge in [0.1, 0.15) is 0 Å². The van der Waals surface area contributed by atoms with Gasteiger partial charge in [-0.2, -0.15) is 0 Å². The molecule has 1 N–H and O–H groups in total. The highest BCUT2D eigenvalue weighted by Gasteiger charge is 2.26. The molecule has 122 valence electrons. The van der Waals surface area contributed by atoms with E-state index in [4.69, 9.17) is 11.6 Å². The van der Waals surface area contributed by atoms with E-state index < -0.39 is 45.6 Å². The standard InChI is InChI=1S/C14H7ClF5NOS/c15-6-2-1-3-7(4-6)21-8(22)5-23-14-12(19)10(17)9(16)11(18)13(14)20/h1-4H,5H2,(H,21,22). The van der Waals surface area contributed by atoms with Crippen molar-refractivity contribution in [2.75, 3.05) is 11.1 Å². The normalized spacial score (nSPS) is 10.7. The van der Waals surface area contributed by atoms with Crippen LogP contribution in [0.2, 0.25) is 5.02 Å². The lowest BCUT2D eigenvalue weighted by Crippen LogP contribution is -2.14. The predicted octanol–water partition coefficient (Wildman–Crippen LogP) is 4.77. The van der Waals surface area contributed by atoms with Crippen LogP contribution in [0.5, 0.6) is 0 Å². The first-order valence-electron chi connectivity index (χ1n) is 6.01. The van der Waals surface area contributed by atoms with Crippen LogP contribution in [0.4, 0.5) is 27.6 Å². The van der Waals surface area contributed by atoms with Crippen LogP contribution in [-0.2, 0) is 4.79 Å². The number of carbonyl (C=O) groups is 1. The average Bonchev–Trinajstić information content (AvgIpc) is 2.51. The smallest absolute Gasteiger partial charge is 0.234 e. The second kappa shape index (κ2) is 7.18. The second-order valence-corrected chi connectivity index (χ2v) is 5.67. The van der Waals surface area contributed by atoms with Gasteiger partial charge >= 0.3 is 0 Å². The molecule has 2 nitrogen and oxygen atoms in total.